The standard InChI is InChI=1S/C29H37NO8.C29H35NO8.C27H35NO7.H2O/c2*1-7-11-30(12-8-2)14-17-23-26(34)25(33)22-18-9-10-20(32)28(18,4)13-19(37-16(3)31)24(22)29(23,5)21(15-36-6)38-27(17)35;1-6-10-28(11-7-2)13-15-21-24(32)23(31)20-16-8-9-18(30)26(16,3)12-17(29)22(20)27(21,4)19(14-34-5)35-25(15)33;/h7-8,14,18-21,32,34H,1-2,9-13,15H2,3-6H3;7-8,14,18-19,21,34H,1-2,9-13,15H2,3-6H3;6-7,13,16-19,29-30,32H,1-2,8-12,14H2,3-5H3;1H2/b2*17-14+;15-13+;/t18-,19+,20?,21+,28-,29-;18-,19+,21+,28-,29-;16-,17+,18?,19+,26-,27-;/m000./s1. The lowest BCUT2D eigenvalue weighted by Crippen LogP contribution is -2.57. The number of hydrogen-bond donors (Lipinski definition) is 6. The quantitative estimate of drug-likeness (QED) is 0.0248. The maximum atomic E-state index is 14.0. The Bertz CT molecular complexity index is 4240. The Balaban J connectivity index is 0.000000192. The molecule has 0 aromatic carbocycles. The Labute approximate surface area is 653 Å². The smallest absolute Gasteiger partial charge is 0.340 e. The Kier molecular flexibility index (Phi) is 25.8. The van der Waals surface area contributed by atoms with E-state index < -0.39 is 152 Å². The average molecular weight is 1560 g/mol. The molecule has 3 saturated heterocycles. The minimum absolute atomic E-state index is 0. The number of Topliss-reactive ketones (excluding diaryl/α,β-unsaturated/α-hetero) is 4. The molecule has 3 heterocycles. The summed E-state index contributed by atoms with van der Waals surface area (Å²) < 4.78 is 45.5. The van der Waals surface area contributed by atoms with Crippen LogP contribution in [0.2, 0.25) is 0 Å². The summed E-state index contributed by atoms with van der Waals surface area (Å²) in [6.45, 7) is 38.3. The first-order valence-electron chi connectivity index (χ1n) is 37.7. The zero-order chi connectivity index (χ0) is 81.7. The number of esters is 5. The Morgan fingerprint density at radius 3 is 1.08 bits per heavy atom. The van der Waals surface area contributed by atoms with Crippen LogP contribution in [-0.4, -0.2) is 233 Å². The molecule has 608 valence electrons. The van der Waals surface area contributed by atoms with Crippen molar-refractivity contribution >= 4 is 53.0 Å². The molecule has 12 aliphatic rings. The number of carbonyl (C=O) groups is 9. The fraction of sp³-hybridized carbons (Fsp3) is 0.541. The van der Waals surface area contributed by atoms with Crippen LogP contribution in [0.1, 0.15) is 113 Å². The number of fused-ring (bicyclic) bond motifs is 12. The zero-order valence-corrected chi connectivity index (χ0v) is 66.0. The van der Waals surface area contributed by atoms with Crippen molar-refractivity contribution in [2.24, 2.45) is 50.2 Å². The van der Waals surface area contributed by atoms with Gasteiger partial charge in [-0.05, 0) is 94.3 Å². The highest BCUT2D eigenvalue weighted by Crippen LogP contribution is 2.67. The second kappa shape index (κ2) is 33.4. The van der Waals surface area contributed by atoms with Gasteiger partial charge in [0.25, 0.3) is 0 Å². The predicted octanol–water partition coefficient (Wildman–Crippen LogP) is 7.59. The molecule has 27 nitrogen and oxygen atoms in total. The molecular formula is C85H109N3O24. The van der Waals surface area contributed by atoms with Crippen molar-refractivity contribution in [1.82, 2.24) is 14.7 Å². The average Bonchev–Trinajstić information content (AvgIpc) is 1.15. The van der Waals surface area contributed by atoms with Crippen molar-refractivity contribution in [2.75, 3.05) is 80.4 Å². The summed E-state index contributed by atoms with van der Waals surface area (Å²) >= 11 is 0. The Hall–Kier alpha value is -9.35. The molecule has 3 aliphatic heterocycles. The molecule has 8 N–H and O–H groups in total. The first-order valence-corrected chi connectivity index (χ1v) is 37.7. The fourth-order valence-electron chi connectivity index (χ4n) is 20.4. The molecule has 17 atom stereocenters. The van der Waals surface area contributed by atoms with Gasteiger partial charge < -0.3 is 88.7 Å². The van der Waals surface area contributed by atoms with Crippen molar-refractivity contribution in [2.45, 2.75) is 162 Å². The van der Waals surface area contributed by atoms with Crippen molar-refractivity contribution < 1.29 is 117 Å². The number of hydrogen-bond acceptors (Lipinski definition) is 26. The van der Waals surface area contributed by atoms with E-state index in [0.717, 1.165) is 0 Å². The number of carbonyl (C=O) groups excluding carboxylic acids is 9. The van der Waals surface area contributed by atoms with Crippen LogP contribution >= 0.6 is 0 Å². The molecule has 12 rings (SSSR count). The highest BCUT2D eigenvalue weighted by molar-refractivity contribution is 6.16. The molecular weight excluding hydrogens is 1450 g/mol. The lowest BCUT2D eigenvalue weighted by Gasteiger charge is -2.54. The minimum Gasteiger partial charge on any atom is -0.504 e. The Morgan fingerprint density at radius 2 is 0.759 bits per heavy atom. The number of cyclic esters (lactones) is 3. The largest absolute Gasteiger partial charge is 0.504 e. The molecule has 112 heavy (non-hydrogen) atoms. The van der Waals surface area contributed by atoms with Gasteiger partial charge in [0.2, 0.25) is 17.3 Å². The van der Waals surface area contributed by atoms with Gasteiger partial charge in [0.15, 0.2) is 17.3 Å². The van der Waals surface area contributed by atoms with E-state index in [2.05, 4.69) is 39.5 Å². The number of aliphatic hydroxyl groups is 6. The lowest BCUT2D eigenvalue weighted by atomic mass is 9.53. The van der Waals surface area contributed by atoms with Gasteiger partial charge >= 0.3 is 29.8 Å². The van der Waals surface area contributed by atoms with Crippen LogP contribution in [0.4, 0.5) is 0 Å². The van der Waals surface area contributed by atoms with E-state index in [-0.39, 0.29) is 101 Å². The van der Waals surface area contributed by atoms with Crippen LogP contribution in [0, 0.1) is 50.2 Å². The van der Waals surface area contributed by atoms with Gasteiger partial charge in [0.05, 0.1) is 71.1 Å². The van der Waals surface area contributed by atoms with Crippen LogP contribution in [-0.2, 0) is 81.0 Å². The highest BCUT2D eigenvalue weighted by atomic mass is 16.6. The van der Waals surface area contributed by atoms with E-state index in [1.165, 1.54) is 41.4 Å². The number of rotatable bonds is 23. The van der Waals surface area contributed by atoms with Gasteiger partial charge in [-0.2, -0.15) is 0 Å². The molecule has 0 bridgehead atoms. The second-order valence-corrected chi connectivity index (χ2v) is 32.1. The minimum atomic E-state index is -1.27. The summed E-state index contributed by atoms with van der Waals surface area (Å²) in [4.78, 5) is 124. The lowest BCUT2D eigenvalue weighted by molar-refractivity contribution is -0.161. The van der Waals surface area contributed by atoms with E-state index >= 15 is 0 Å². The van der Waals surface area contributed by atoms with Crippen LogP contribution in [0.5, 0.6) is 0 Å². The van der Waals surface area contributed by atoms with Crippen molar-refractivity contribution in [3.8, 4) is 0 Å². The second-order valence-electron chi connectivity index (χ2n) is 32.1. The summed E-state index contributed by atoms with van der Waals surface area (Å²) in [5, 5.41) is 67.5. The summed E-state index contributed by atoms with van der Waals surface area (Å²) in [5.74, 6) is -7.90. The van der Waals surface area contributed by atoms with Gasteiger partial charge in [-0.1, -0.05) is 57.2 Å². The molecule has 3 saturated carbocycles. The van der Waals surface area contributed by atoms with Gasteiger partial charge in [-0.25, -0.2) is 14.4 Å². The highest BCUT2D eigenvalue weighted by Gasteiger charge is 2.68. The van der Waals surface area contributed by atoms with Crippen LogP contribution in [0.15, 0.2) is 179 Å². The normalized spacial score (nSPS) is 35.1. The fourth-order valence-corrected chi connectivity index (χ4v) is 20.4. The molecule has 2 unspecified atom stereocenters. The van der Waals surface area contributed by atoms with Crippen LogP contribution in [0.25, 0.3) is 0 Å². The van der Waals surface area contributed by atoms with Gasteiger partial charge in [0.1, 0.15) is 36.3 Å². The zero-order valence-electron chi connectivity index (χ0n) is 66.0. The monoisotopic (exact) mass is 1560 g/mol. The number of nitrogens with zero attached hydrogens (tertiary/aromatic N) is 3. The molecule has 0 aromatic rings. The van der Waals surface area contributed by atoms with E-state index in [4.69, 9.17) is 37.9 Å². The number of allylic oxidation sites excluding steroid dienone is 3. The maximum Gasteiger partial charge on any atom is 0.340 e. The Morgan fingerprint density at radius 1 is 0.455 bits per heavy atom. The first-order chi connectivity index (χ1) is 52.5. The van der Waals surface area contributed by atoms with Gasteiger partial charge in [0, 0.05) is 161 Å². The van der Waals surface area contributed by atoms with Crippen molar-refractivity contribution in [1.29, 1.82) is 0 Å². The third-order valence-corrected chi connectivity index (χ3v) is 25.6. The van der Waals surface area contributed by atoms with Crippen molar-refractivity contribution in [3.05, 3.63) is 179 Å². The van der Waals surface area contributed by atoms with Crippen LogP contribution in [0.3, 0.4) is 0 Å². The first kappa shape index (κ1) is 86.6. The third-order valence-electron chi connectivity index (χ3n) is 25.6. The van der Waals surface area contributed by atoms with E-state index in [0.29, 0.717) is 106 Å². The molecule has 0 radical (unpaired) electrons. The SMILES string of the molecule is C=CCN(/C=C1/C(=O)O[C@H](COC)[C@@]2(C)C1=C(O)C(=O)C1=C2[C@H](O)C[C@]2(C)C(O)CC[C@@H]12)CC=C.C=CCN(/C=C1/C(=O)O[C@H](COC)[C@@]2(C)C1=C(O)C(=O)C1=C2[C@H](OC(C)=O)C[C@]2(C)C(=O)CC[C@@H]12)CC=C.C=CCN(/C=C1/C(=O)O[C@H](COC)[C@@]2(C)C1=C(O)C(=O)C1=C2[C@H](OC(C)=O)C[C@]2(C)C(O)CC[C@@H]12)CC=C.O. The number of ether oxygens (including phenoxy) is 8. The summed E-state index contributed by atoms with van der Waals surface area (Å²) in [6, 6.07) is 0. The third kappa shape index (κ3) is 14.2. The number of aliphatic hydroxyl groups excluding tert-OH is 6. The van der Waals surface area contributed by atoms with E-state index in [9.17, 15) is 73.8 Å². The summed E-state index contributed by atoms with van der Waals surface area (Å²) in [7, 11) is 4.41. The molecule has 0 spiro atoms. The maximum absolute atomic E-state index is 14.0. The van der Waals surface area contributed by atoms with E-state index in [1.54, 1.807) is 91.3 Å². The molecule has 9 aliphatic carbocycles. The molecule has 0 aromatic heterocycles. The van der Waals surface area contributed by atoms with Crippen molar-refractivity contribution in [3.63, 3.8) is 0 Å². The predicted molar refractivity (Wildman–Crippen MR) is 409 cm³/mol. The molecule has 6 fully saturated rings. The number of ketones is 4. The molecule has 27 heteroatoms. The topological polar surface area (TPSA) is 390 Å². The van der Waals surface area contributed by atoms with Crippen LogP contribution < -0.4 is 0 Å². The van der Waals surface area contributed by atoms with Gasteiger partial charge in [-0.15, -0.1) is 39.5 Å². The van der Waals surface area contributed by atoms with E-state index in [1.807, 2.05) is 13.8 Å². The number of methoxy groups -OCH3 is 3. The summed E-state index contributed by atoms with van der Waals surface area (Å²) in [5.41, 5.74) is -3.26. The van der Waals surface area contributed by atoms with Gasteiger partial charge in [-0.3, -0.25) is 28.8 Å². The molecule has 0 amide bonds. The summed E-state index contributed by atoms with van der Waals surface area (Å²) in [6.07, 6.45) is 11.2.